The zero-order valence-electron chi connectivity index (χ0n) is 13.5. The van der Waals surface area contributed by atoms with Gasteiger partial charge in [-0.1, -0.05) is 6.42 Å². The fraction of sp³-hybridized carbons (Fsp3) is 0.765. The average Bonchev–Trinajstić information content (AvgIpc) is 3.26. The minimum Gasteiger partial charge on any atom is -0.368 e. The topological polar surface area (TPSA) is 79.1 Å². The van der Waals surface area contributed by atoms with Crippen molar-refractivity contribution in [3.8, 4) is 0 Å². The summed E-state index contributed by atoms with van der Waals surface area (Å²) in [5.74, 6) is 5.58. The third-order valence-electron chi connectivity index (χ3n) is 6.51. The first kappa shape index (κ1) is 13.8. The third-order valence-corrected chi connectivity index (χ3v) is 6.51. The molecule has 4 N–H and O–H groups in total. The highest BCUT2D eigenvalue weighted by Crippen LogP contribution is 2.45. The van der Waals surface area contributed by atoms with E-state index in [4.69, 9.17) is 5.73 Å². The lowest BCUT2D eigenvalue weighted by Crippen LogP contribution is -2.28. The predicted molar refractivity (Wildman–Crippen MR) is 91.4 cm³/mol. The van der Waals surface area contributed by atoms with Crippen LogP contribution in [0.3, 0.4) is 0 Å². The molecule has 0 unspecified atom stereocenters. The summed E-state index contributed by atoms with van der Waals surface area (Å²) >= 11 is 0. The maximum Gasteiger partial charge on any atom is 0.223 e. The molecule has 2 saturated carbocycles. The van der Waals surface area contributed by atoms with Gasteiger partial charge in [-0.05, 0) is 42.9 Å². The molecule has 0 aromatic carbocycles. The van der Waals surface area contributed by atoms with Gasteiger partial charge in [0.05, 0.1) is 0 Å². The number of hydrogen-bond donors (Lipinski definition) is 3. The van der Waals surface area contributed by atoms with Gasteiger partial charge in [0.1, 0.15) is 11.6 Å². The van der Waals surface area contributed by atoms with Crippen LogP contribution in [-0.2, 0) is 0 Å². The number of aromatic nitrogens is 2. The minimum absolute atomic E-state index is 0.392. The molecule has 0 amide bonds. The molecule has 4 aliphatic rings. The van der Waals surface area contributed by atoms with Crippen molar-refractivity contribution in [3.63, 3.8) is 0 Å². The molecule has 2 bridgehead atoms. The fourth-order valence-corrected chi connectivity index (χ4v) is 5.34. The van der Waals surface area contributed by atoms with Gasteiger partial charge in [-0.3, -0.25) is 0 Å². The Morgan fingerprint density at radius 2 is 1.91 bits per heavy atom. The highest BCUT2D eigenvalue weighted by Gasteiger charge is 2.40. The quantitative estimate of drug-likeness (QED) is 0.781. The molecule has 6 heteroatoms. The maximum atomic E-state index is 5.99. The van der Waals surface area contributed by atoms with Crippen LogP contribution in [0, 0.1) is 23.7 Å². The molecule has 3 heterocycles. The summed E-state index contributed by atoms with van der Waals surface area (Å²) < 4.78 is 0. The zero-order valence-corrected chi connectivity index (χ0v) is 13.5. The Morgan fingerprint density at radius 1 is 1.09 bits per heavy atom. The van der Waals surface area contributed by atoms with E-state index in [1.54, 1.807) is 0 Å². The van der Waals surface area contributed by atoms with E-state index in [2.05, 4.69) is 31.6 Å². The van der Waals surface area contributed by atoms with Gasteiger partial charge in [-0.15, -0.1) is 0 Å². The molecule has 5 rings (SSSR count). The molecule has 23 heavy (non-hydrogen) atoms. The summed E-state index contributed by atoms with van der Waals surface area (Å²) in [6, 6.07) is 2.69. The number of fused-ring (bicyclic) bond motifs is 3. The Labute approximate surface area is 137 Å². The van der Waals surface area contributed by atoms with E-state index in [9.17, 15) is 0 Å². The third kappa shape index (κ3) is 2.43. The van der Waals surface area contributed by atoms with Gasteiger partial charge in [0.2, 0.25) is 5.95 Å². The Morgan fingerprint density at radius 3 is 2.61 bits per heavy atom. The molecular formula is C17H26N6. The molecule has 4 fully saturated rings. The molecule has 2 aliphatic carbocycles. The first-order chi connectivity index (χ1) is 11.2. The molecule has 5 atom stereocenters. The monoisotopic (exact) mass is 314 g/mol. The Balaban J connectivity index is 1.33. The summed E-state index contributed by atoms with van der Waals surface area (Å²) in [5.41, 5.74) is 5.99. The molecule has 6 nitrogen and oxygen atoms in total. The van der Waals surface area contributed by atoms with E-state index < -0.39 is 0 Å². The second-order valence-electron chi connectivity index (χ2n) is 7.98. The summed E-state index contributed by atoms with van der Waals surface area (Å²) in [6.07, 6.45) is 5.49. The fourth-order valence-electron chi connectivity index (χ4n) is 5.34. The number of nitrogens with zero attached hydrogens (tertiary/aromatic N) is 3. The van der Waals surface area contributed by atoms with Crippen LogP contribution in [0.5, 0.6) is 0 Å². The largest absolute Gasteiger partial charge is 0.368 e. The number of anilines is 3. The summed E-state index contributed by atoms with van der Waals surface area (Å²) in [6.45, 7) is 4.44. The van der Waals surface area contributed by atoms with Crippen molar-refractivity contribution in [2.24, 2.45) is 23.7 Å². The van der Waals surface area contributed by atoms with Crippen LogP contribution in [0.25, 0.3) is 0 Å². The van der Waals surface area contributed by atoms with Crippen LogP contribution in [0.2, 0.25) is 0 Å². The first-order valence-corrected chi connectivity index (χ1v) is 9.11. The number of nitrogens with one attached hydrogen (secondary N) is 2. The zero-order chi connectivity index (χ0) is 15.4. The highest BCUT2D eigenvalue weighted by molar-refractivity contribution is 5.54. The summed E-state index contributed by atoms with van der Waals surface area (Å²) in [7, 11) is 0. The van der Waals surface area contributed by atoms with Gasteiger partial charge < -0.3 is 21.3 Å². The standard InChI is InChI=1S/C17H26N6/c18-17-21-15(20-14-4-10-1-2-11(14)3-10)5-16(22-17)23-8-12-6-19-7-13(12)9-23/h5,10-14,19H,1-4,6-9H2,(H3,18,20,21,22)/t10-,11+,12-,13+,14+/m0/s1. The molecule has 2 saturated heterocycles. The SMILES string of the molecule is Nc1nc(N[C@@H]2C[C@H]3CC[C@@H]2C3)cc(N2C[C@H]3CNC[C@H]3C2)n1. The van der Waals surface area contributed by atoms with Crippen molar-refractivity contribution < 1.29 is 0 Å². The van der Waals surface area contributed by atoms with Crippen molar-refractivity contribution in [2.75, 3.05) is 42.1 Å². The van der Waals surface area contributed by atoms with Crippen molar-refractivity contribution in [1.82, 2.24) is 15.3 Å². The smallest absolute Gasteiger partial charge is 0.223 e. The van der Waals surface area contributed by atoms with E-state index >= 15 is 0 Å². The van der Waals surface area contributed by atoms with Crippen LogP contribution in [-0.4, -0.2) is 42.2 Å². The predicted octanol–water partition coefficient (Wildman–Crippen LogP) is 1.31. The Hall–Kier alpha value is -1.56. The van der Waals surface area contributed by atoms with Gasteiger partial charge >= 0.3 is 0 Å². The van der Waals surface area contributed by atoms with Crippen LogP contribution < -0.4 is 21.3 Å². The first-order valence-electron chi connectivity index (χ1n) is 9.11. The van der Waals surface area contributed by atoms with Crippen molar-refractivity contribution >= 4 is 17.6 Å². The van der Waals surface area contributed by atoms with Gasteiger partial charge in [0, 0.05) is 38.3 Å². The molecule has 1 aromatic rings. The van der Waals surface area contributed by atoms with E-state index in [0.29, 0.717) is 12.0 Å². The average molecular weight is 314 g/mol. The van der Waals surface area contributed by atoms with E-state index in [1.165, 1.54) is 25.7 Å². The van der Waals surface area contributed by atoms with Crippen LogP contribution in [0.4, 0.5) is 17.6 Å². The van der Waals surface area contributed by atoms with E-state index in [1.807, 2.05) is 0 Å². The summed E-state index contributed by atoms with van der Waals surface area (Å²) in [4.78, 5) is 11.3. The second kappa shape index (κ2) is 5.23. The number of nitrogens with two attached hydrogens (primary N) is 1. The highest BCUT2D eigenvalue weighted by atomic mass is 15.3. The maximum absolute atomic E-state index is 5.99. The molecule has 2 aliphatic heterocycles. The molecule has 124 valence electrons. The van der Waals surface area contributed by atoms with Gasteiger partial charge in [0.25, 0.3) is 0 Å². The Kier molecular flexibility index (Phi) is 3.15. The van der Waals surface area contributed by atoms with Gasteiger partial charge in [0.15, 0.2) is 0 Å². The second-order valence-corrected chi connectivity index (χ2v) is 7.98. The van der Waals surface area contributed by atoms with Gasteiger partial charge in [-0.2, -0.15) is 9.97 Å². The van der Waals surface area contributed by atoms with Crippen LogP contribution in [0.15, 0.2) is 6.07 Å². The van der Waals surface area contributed by atoms with Crippen LogP contribution in [0.1, 0.15) is 25.7 Å². The lowest BCUT2D eigenvalue weighted by Gasteiger charge is -2.25. The van der Waals surface area contributed by atoms with E-state index in [-0.39, 0.29) is 0 Å². The molecule has 0 radical (unpaired) electrons. The number of rotatable bonds is 3. The normalized spacial score (nSPS) is 38.3. The number of nitrogen functional groups attached to an aromatic ring is 1. The van der Waals surface area contributed by atoms with Crippen LogP contribution >= 0.6 is 0 Å². The molecule has 1 aromatic heterocycles. The minimum atomic E-state index is 0.392. The molecule has 0 spiro atoms. The van der Waals surface area contributed by atoms with E-state index in [0.717, 1.165) is 61.5 Å². The van der Waals surface area contributed by atoms with Crippen molar-refractivity contribution in [1.29, 1.82) is 0 Å². The van der Waals surface area contributed by atoms with Gasteiger partial charge in [-0.25, -0.2) is 0 Å². The lowest BCUT2D eigenvalue weighted by molar-refractivity contribution is 0.439. The Bertz CT molecular complexity index is 593. The lowest BCUT2D eigenvalue weighted by atomic mass is 9.95. The van der Waals surface area contributed by atoms with Crippen molar-refractivity contribution in [2.45, 2.75) is 31.7 Å². The van der Waals surface area contributed by atoms with Crippen molar-refractivity contribution in [3.05, 3.63) is 6.07 Å². The summed E-state index contributed by atoms with van der Waals surface area (Å²) in [5, 5.41) is 7.14. The molecular weight excluding hydrogens is 288 g/mol. The number of hydrogen-bond acceptors (Lipinski definition) is 6.